The van der Waals surface area contributed by atoms with E-state index in [1.165, 1.54) is 12.3 Å². The molecular formula is C12H13F3N4O2. The lowest BCUT2D eigenvalue weighted by molar-refractivity contribution is -0.136. The Kier molecular flexibility index (Phi) is 3.52. The lowest BCUT2D eigenvalue weighted by Crippen LogP contribution is -2.27. The molecule has 2 aromatic rings. The number of carbonyl (C=O) groups excluding carboxylic acids is 1. The quantitative estimate of drug-likeness (QED) is 0.879. The number of amides is 1. The van der Waals surface area contributed by atoms with Crippen molar-refractivity contribution in [2.45, 2.75) is 32.5 Å². The summed E-state index contributed by atoms with van der Waals surface area (Å²) >= 11 is 0. The molecule has 0 aliphatic carbocycles. The monoisotopic (exact) mass is 302 g/mol. The SMILES string of the molecule is CC(C)(C)OC(=O)Nc1ccn2ncc(C(F)(F)F)c2n1. The van der Waals surface area contributed by atoms with Gasteiger partial charge in [-0.15, -0.1) is 0 Å². The second kappa shape index (κ2) is 4.90. The van der Waals surface area contributed by atoms with Crippen LogP contribution >= 0.6 is 0 Å². The average Bonchev–Trinajstić information content (AvgIpc) is 2.68. The van der Waals surface area contributed by atoms with Gasteiger partial charge in [-0.2, -0.15) is 18.3 Å². The maximum absolute atomic E-state index is 12.8. The molecule has 0 fully saturated rings. The molecule has 0 aliphatic rings. The minimum Gasteiger partial charge on any atom is -0.444 e. The number of nitrogens with zero attached hydrogens (tertiary/aromatic N) is 3. The van der Waals surface area contributed by atoms with E-state index in [0.29, 0.717) is 6.20 Å². The Labute approximate surface area is 117 Å². The van der Waals surface area contributed by atoms with Crippen LogP contribution in [0.15, 0.2) is 18.5 Å². The highest BCUT2D eigenvalue weighted by Crippen LogP contribution is 2.31. The Morgan fingerprint density at radius 1 is 1.33 bits per heavy atom. The van der Waals surface area contributed by atoms with Crippen LogP contribution in [0.3, 0.4) is 0 Å². The van der Waals surface area contributed by atoms with Crippen LogP contribution in [0.2, 0.25) is 0 Å². The first-order valence-corrected chi connectivity index (χ1v) is 5.98. The highest BCUT2D eigenvalue weighted by molar-refractivity contribution is 5.83. The molecule has 0 radical (unpaired) electrons. The van der Waals surface area contributed by atoms with Crippen molar-refractivity contribution in [1.82, 2.24) is 14.6 Å². The van der Waals surface area contributed by atoms with Crippen LogP contribution < -0.4 is 5.32 Å². The number of ether oxygens (including phenoxy) is 1. The fraction of sp³-hybridized carbons (Fsp3) is 0.417. The number of rotatable bonds is 1. The van der Waals surface area contributed by atoms with Crippen molar-refractivity contribution in [2.75, 3.05) is 5.32 Å². The number of hydrogen-bond donors (Lipinski definition) is 1. The first-order chi connectivity index (χ1) is 9.56. The molecule has 0 spiro atoms. The third-order valence-corrected chi connectivity index (χ3v) is 2.30. The van der Waals surface area contributed by atoms with Gasteiger partial charge in [0.05, 0.1) is 6.20 Å². The number of nitrogens with one attached hydrogen (secondary N) is 1. The van der Waals surface area contributed by atoms with E-state index in [2.05, 4.69) is 15.4 Å². The molecule has 0 aliphatic heterocycles. The van der Waals surface area contributed by atoms with Gasteiger partial charge in [0.2, 0.25) is 0 Å². The molecule has 2 aromatic heterocycles. The van der Waals surface area contributed by atoms with Crippen LogP contribution in [0.25, 0.3) is 5.65 Å². The first-order valence-electron chi connectivity index (χ1n) is 5.98. The fourth-order valence-electron chi connectivity index (χ4n) is 1.55. The van der Waals surface area contributed by atoms with Crippen LogP contribution in [-0.2, 0) is 10.9 Å². The van der Waals surface area contributed by atoms with E-state index in [1.54, 1.807) is 20.8 Å². The average molecular weight is 302 g/mol. The number of hydrogen-bond acceptors (Lipinski definition) is 4. The molecule has 6 nitrogen and oxygen atoms in total. The summed E-state index contributed by atoms with van der Waals surface area (Å²) in [6.45, 7) is 5.01. The standard InChI is InChI=1S/C12H13F3N4O2/c1-11(2,3)21-10(20)18-8-4-5-19-9(17-8)7(6-16-19)12(13,14)15/h4-6H,1-3H3,(H,17,18,20). The van der Waals surface area contributed by atoms with Gasteiger partial charge < -0.3 is 4.74 Å². The molecule has 0 unspecified atom stereocenters. The smallest absolute Gasteiger partial charge is 0.421 e. The maximum Gasteiger partial charge on any atom is 0.421 e. The molecule has 21 heavy (non-hydrogen) atoms. The van der Waals surface area contributed by atoms with E-state index in [4.69, 9.17) is 4.74 Å². The number of carbonyl (C=O) groups is 1. The third-order valence-electron chi connectivity index (χ3n) is 2.30. The molecule has 0 aromatic carbocycles. The molecule has 1 amide bonds. The Bertz CT molecular complexity index is 673. The lowest BCUT2D eigenvalue weighted by atomic mass is 10.2. The van der Waals surface area contributed by atoms with Gasteiger partial charge in [-0.05, 0) is 26.8 Å². The second-order valence-corrected chi connectivity index (χ2v) is 5.26. The van der Waals surface area contributed by atoms with Gasteiger partial charge in [0, 0.05) is 6.20 Å². The van der Waals surface area contributed by atoms with Crippen molar-refractivity contribution >= 4 is 17.6 Å². The molecule has 0 saturated heterocycles. The van der Waals surface area contributed by atoms with Gasteiger partial charge in [0.15, 0.2) is 5.65 Å². The largest absolute Gasteiger partial charge is 0.444 e. The number of aromatic nitrogens is 3. The molecule has 9 heteroatoms. The zero-order valence-electron chi connectivity index (χ0n) is 11.5. The van der Waals surface area contributed by atoms with Crippen LogP contribution in [0.1, 0.15) is 26.3 Å². The van der Waals surface area contributed by atoms with Gasteiger partial charge >= 0.3 is 12.3 Å². The number of fused-ring (bicyclic) bond motifs is 1. The topological polar surface area (TPSA) is 68.5 Å². The highest BCUT2D eigenvalue weighted by atomic mass is 19.4. The van der Waals surface area contributed by atoms with E-state index in [9.17, 15) is 18.0 Å². The molecule has 0 saturated carbocycles. The van der Waals surface area contributed by atoms with Crippen molar-refractivity contribution in [3.63, 3.8) is 0 Å². The van der Waals surface area contributed by atoms with Crippen LogP contribution in [0, 0.1) is 0 Å². The lowest BCUT2D eigenvalue weighted by Gasteiger charge is -2.19. The zero-order chi connectivity index (χ0) is 15.8. The second-order valence-electron chi connectivity index (χ2n) is 5.26. The van der Waals surface area contributed by atoms with Crippen LogP contribution in [0.5, 0.6) is 0 Å². The predicted octanol–water partition coefficient (Wildman–Crippen LogP) is 3.10. The number of alkyl halides is 3. The van der Waals surface area contributed by atoms with Crippen molar-refractivity contribution in [3.05, 3.63) is 24.0 Å². The first kappa shape index (κ1) is 15.1. The van der Waals surface area contributed by atoms with E-state index in [-0.39, 0.29) is 5.82 Å². The Morgan fingerprint density at radius 2 is 2.00 bits per heavy atom. The van der Waals surface area contributed by atoms with Crippen molar-refractivity contribution < 1.29 is 22.7 Å². The summed E-state index contributed by atoms with van der Waals surface area (Å²) < 4.78 is 44.3. The van der Waals surface area contributed by atoms with Gasteiger partial charge in [0.25, 0.3) is 0 Å². The molecule has 114 valence electrons. The predicted molar refractivity (Wildman–Crippen MR) is 67.8 cm³/mol. The Balaban J connectivity index is 2.28. The Morgan fingerprint density at radius 3 is 2.57 bits per heavy atom. The van der Waals surface area contributed by atoms with Crippen LogP contribution in [-0.4, -0.2) is 26.3 Å². The number of anilines is 1. The van der Waals surface area contributed by atoms with Crippen molar-refractivity contribution in [3.8, 4) is 0 Å². The van der Waals surface area contributed by atoms with Gasteiger partial charge in [-0.3, -0.25) is 5.32 Å². The van der Waals surface area contributed by atoms with E-state index in [1.807, 2.05) is 0 Å². The minimum atomic E-state index is -4.57. The zero-order valence-corrected chi connectivity index (χ0v) is 11.5. The fourth-order valence-corrected chi connectivity index (χ4v) is 1.55. The summed E-state index contributed by atoms with van der Waals surface area (Å²) in [6.07, 6.45) is -3.42. The van der Waals surface area contributed by atoms with Crippen LogP contribution in [0.4, 0.5) is 23.8 Å². The summed E-state index contributed by atoms with van der Waals surface area (Å²) in [4.78, 5) is 15.3. The molecule has 0 bridgehead atoms. The minimum absolute atomic E-state index is 0.0530. The van der Waals surface area contributed by atoms with Crippen molar-refractivity contribution in [1.29, 1.82) is 0 Å². The summed E-state index contributed by atoms with van der Waals surface area (Å²) in [5.74, 6) is -0.0530. The Hall–Kier alpha value is -2.32. The number of halogens is 3. The van der Waals surface area contributed by atoms with E-state index in [0.717, 1.165) is 4.52 Å². The third kappa shape index (κ3) is 3.61. The normalized spacial score (nSPS) is 12.5. The van der Waals surface area contributed by atoms with Gasteiger partial charge in [-0.25, -0.2) is 14.3 Å². The summed E-state index contributed by atoms with van der Waals surface area (Å²) in [6, 6.07) is 1.32. The van der Waals surface area contributed by atoms with Crippen molar-refractivity contribution in [2.24, 2.45) is 0 Å². The summed E-state index contributed by atoms with van der Waals surface area (Å²) in [7, 11) is 0. The molecular weight excluding hydrogens is 289 g/mol. The van der Waals surface area contributed by atoms with Gasteiger partial charge in [0.1, 0.15) is 17.0 Å². The molecule has 1 N–H and O–H groups in total. The summed E-state index contributed by atoms with van der Waals surface area (Å²) in [5, 5.41) is 5.83. The molecule has 0 atom stereocenters. The van der Waals surface area contributed by atoms with E-state index < -0.39 is 29.1 Å². The van der Waals surface area contributed by atoms with E-state index >= 15 is 0 Å². The highest BCUT2D eigenvalue weighted by Gasteiger charge is 2.35. The molecule has 2 heterocycles. The van der Waals surface area contributed by atoms with Gasteiger partial charge in [-0.1, -0.05) is 0 Å². The molecule has 2 rings (SSSR count). The summed E-state index contributed by atoms with van der Waals surface area (Å²) in [5.41, 5.74) is -2.09. The maximum atomic E-state index is 12.8.